The van der Waals surface area contributed by atoms with E-state index in [0.717, 1.165) is 11.1 Å². The number of hydrogen-bond donors (Lipinski definition) is 2. The van der Waals surface area contributed by atoms with Crippen LogP contribution < -0.4 is 11.3 Å². The van der Waals surface area contributed by atoms with Gasteiger partial charge < -0.3 is 0 Å². The van der Waals surface area contributed by atoms with Crippen molar-refractivity contribution < 1.29 is 4.39 Å². The predicted octanol–water partition coefficient (Wildman–Crippen LogP) is 4.19. The fourth-order valence-electron chi connectivity index (χ4n) is 2.00. The SMILES string of the molecule is Cc1ccc(C(Cc2ccc(Cl)c(Cl)c2)NN)cc1F. The van der Waals surface area contributed by atoms with Gasteiger partial charge in [0.25, 0.3) is 0 Å². The van der Waals surface area contributed by atoms with Gasteiger partial charge in [-0.3, -0.25) is 11.3 Å². The molecule has 0 aromatic heterocycles. The van der Waals surface area contributed by atoms with Crippen LogP contribution in [-0.4, -0.2) is 0 Å². The Bertz CT molecular complexity index is 617. The molecule has 0 saturated carbocycles. The van der Waals surface area contributed by atoms with Crippen molar-refractivity contribution in [3.8, 4) is 0 Å². The van der Waals surface area contributed by atoms with E-state index in [2.05, 4.69) is 5.43 Å². The summed E-state index contributed by atoms with van der Waals surface area (Å²) >= 11 is 11.9. The summed E-state index contributed by atoms with van der Waals surface area (Å²) in [6.07, 6.45) is 0.593. The van der Waals surface area contributed by atoms with E-state index < -0.39 is 0 Å². The summed E-state index contributed by atoms with van der Waals surface area (Å²) in [7, 11) is 0. The van der Waals surface area contributed by atoms with Gasteiger partial charge in [0.1, 0.15) is 5.82 Å². The third-order valence-electron chi connectivity index (χ3n) is 3.22. The summed E-state index contributed by atoms with van der Waals surface area (Å²) in [5.41, 5.74) is 5.08. The van der Waals surface area contributed by atoms with Gasteiger partial charge in [0.15, 0.2) is 0 Å². The number of hydrazine groups is 1. The minimum atomic E-state index is -0.239. The van der Waals surface area contributed by atoms with Crippen LogP contribution in [0.25, 0.3) is 0 Å². The fourth-order valence-corrected chi connectivity index (χ4v) is 2.32. The molecule has 106 valence electrons. The van der Waals surface area contributed by atoms with Gasteiger partial charge in [-0.2, -0.15) is 0 Å². The van der Waals surface area contributed by atoms with Crippen molar-refractivity contribution in [1.29, 1.82) is 0 Å². The molecule has 0 radical (unpaired) electrons. The average molecular weight is 313 g/mol. The van der Waals surface area contributed by atoms with Crippen molar-refractivity contribution in [3.63, 3.8) is 0 Å². The predicted molar refractivity (Wildman–Crippen MR) is 81.4 cm³/mol. The van der Waals surface area contributed by atoms with Crippen LogP contribution in [-0.2, 0) is 6.42 Å². The van der Waals surface area contributed by atoms with E-state index in [9.17, 15) is 4.39 Å². The Morgan fingerprint density at radius 3 is 2.50 bits per heavy atom. The molecule has 0 spiro atoms. The highest BCUT2D eigenvalue weighted by molar-refractivity contribution is 6.42. The highest BCUT2D eigenvalue weighted by atomic mass is 35.5. The Balaban J connectivity index is 2.23. The lowest BCUT2D eigenvalue weighted by Crippen LogP contribution is -2.29. The minimum Gasteiger partial charge on any atom is -0.271 e. The lowest BCUT2D eigenvalue weighted by atomic mass is 9.98. The van der Waals surface area contributed by atoms with Crippen LogP contribution in [0.4, 0.5) is 4.39 Å². The van der Waals surface area contributed by atoms with E-state index in [1.807, 2.05) is 12.1 Å². The molecule has 0 aliphatic heterocycles. The van der Waals surface area contributed by atoms with Gasteiger partial charge in [0.05, 0.1) is 16.1 Å². The zero-order valence-electron chi connectivity index (χ0n) is 11.0. The summed E-state index contributed by atoms with van der Waals surface area (Å²) in [6.45, 7) is 1.73. The molecule has 3 N–H and O–H groups in total. The molecule has 0 bridgehead atoms. The lowest BCUT2D eigenvalue weighted by molar-refractivity contribution is 0.543. The van der Waals surface area contributed by atoms with Gasteiger partial charge in [0, 0.05) is 0 Å². The second-order valence-corrected chi connectivity index (χ2v) is 5.49. The molecule has 1 atom stereocenters. The molecule has 0 heterocycles. The van der Waals surface area contributed by atoms with Crippen LogP contribution in [0.5, 0.6) is 0 Å². The molecule has 0 aliphatic carbocycles. The van der Waals surface area contributed by atoms with Gasteiger partial charge >= 0.3 is 0 Å². The summed E-state index contributed by atoms with van der Waals surface area (Å²) < 4.78 is 13.6. The Kier molecular flexibility index (Phi) is 5.00. The van der Waals surface area contributed by atoms with Crippen LogP contribution in [0.1, 0.15) is 22.7 Å². The Hall–Kier alpha value is -1.13. The maximum absolute atomic E-state index is 13.6. The first-order valence-corrected chi connectivity index (χ1v) is 6.93. The molecule has 0 aliphatic rings. The number of hydrogen-bond acceptors (Lipinski definition) is 2. The highest BCUT2D eigenvalue weighted by Crippen LogP contribution is 2.26. The van der Waals surface area contributed by atoms with Crippen molar-refractivity contribution >= 4 is 23.2 Å². The van der Waals surface area contributed by atoms with Crippen LogP contribution >= 0.6 is 23.2 Å². The summed E-state index contributed by atoms with van der Waals surface area (Å²) in [4.78, 5) is 0. The summed E-state index contributed by atoms with van der Waals surface area (Å²) in [5, 5.41) is 1.00. The molecular weight excluding hydrogens is 298 g/mol. The smallest absolute Gasteiger partial charge is 0.126 e. The first-order valence-electron chi connectivity index (χ1n) is 6.17. The maximum atomic E-state index is 13.6. The van der Waals surface area contributed by atoms with Crippen LogP contribution in [0.2, 0.25) is 10.0 Å². The molecule has 2 nitrogen and oxygen atoms in total. The van der Waals surface area contributed by atoms with E-state index >= 15 is 0 Å². The Labute approximate surface area is 127 Å². The normalized spacial score (nSPS) is 12.4. The molecule has 1 unspecified atom stereocenters. The number of rotatable bonds is 4. The maximum Gasteiger partial charge on any atom is 0.126 e. The quantitative estimate of drug-likeness (QED) is 0.656. The number of halogens is 3. The molecule has 0 saturated heterocycles. The second-order valence-electron chi connectivity index (χ2n) is 4.68. The number of nitrogens with one attached hydrogen (secondary N) is 1. The van der Waals surface area contributed by atoms with Gasteiger partial charge in [-0.15, -0.1) is 0 Å². The third kappa shape index (κ3) is 3.49. The van der Waals surface area contributed by atoms with Crippen molar-refractivity contribution in [2.45, 2.75) is 19.4 Å². The Morgan fingerprint density at radius 1 is 1.15 bits per heavy atom. The highest BCUT2D eigenvalue weighted by Gasteiger charge is 2.13. The van der Waals surface area contributed by atoms with E-state index in [0.29, 0.717) is 22.0 Å². The summed E-state index contributed by atoms with van der Waals surface area (Å²) in [6, 6.07) is 10.3. The van der Waals surface area contributed by atoms with E-state index in [4.69, 9.17) is 29.0 Å². The Morgan fingerprint density at radius 2 is 1.90 bits per heavy atom. The lowest BCUT2D eigenvalue weighted by Gasteiger charge is -2.17. The van der Waals surface area contributed by atoms with Crippen LogP contribution in [0.15, 0.2) is 36.4 Å². The third-order valence-corrected chi connectivity index (χ3v) is 3.96. The van der Waals surface area contributed by atoms with E-state index in [1.54, 1.807) is 25.1 Å². The van der Waals surface area contributed by atoms with E-state index in [-0.39, 0.29) is 11.9 Å². The molecular formula is C15H15Cl2FN2. The zero-order chi connectivity index (χ0) is 14.7. The van der Waals surface area contributed by atoms with Gasteiger partial charge in [-0.1, -0.05) is 41.4 Å². The second kappa shape index (κ2) is 6.55. The summed E-state index contributed by atoms with van der Waals surface area (Å²) in [5.74, 6) is 5.34. The number of nitrogens with two attached hydrogens (primary N) is 1. The van der Waals surface area contributed by atoms with Gasteiger partial charge in [0.2, 0.25) is 0 Å². The topological polar surface area (TPSA) is 38.0 Å². The van der Waals surface area contributed by atoms with Gasteiger partial charge in [-0.05, 0) is 48.2 Å². The van der Waals surface area contributed by atoms with Gasteiger partial charge in [-0.25, -0.2) is 4.39 Å². The first-order chi connectivity index (χ1) is 9.51. The standard InChI is InChI=1S/C15H15Cl2FN2/c1-9-2-4-11(8-14(9)18)15(20-19)7-10-3-5-12(16)13(17)6-10/h2-6,8,15,20H,7,19H2,1H3. The zero-order valence-corrected chi connectivity index (χ0v) is 12.5. The average Bonchev–Trinajstić information content (AvgIpc) is 2.43. The van der Waals surface area contributed by atoms with Crippen molar-refractivity contribution in [1.82, 2.24) is 5.43 Å². The first kappa shape index (κ1) is 15.3. The number of benzene rings is 2. The van der Waals surface area contributed by atoms with Crippen molar-refractivity contribution in [2.24, 2.45) is 5.84 Å². The molecule has 0 fully saturated rings. The van der Waals surface area contributed by atoms with Crippen molar-refractivity contribution in [3.05, 3.63) is 69.0 Å². The van der Waals surface area contributed by atoms with Crippen LogP contribution in [0, 0.1) is 12.7 Å². The minimum absolute atomic E-state index is 0.192. The largest absolute Gasteiger partial charge is 0.271 e. The molecule has 0 amide bonds. The van der Waals surface area contributed by atoms with Crippen molar-refractivity contribution in [2.75, 3.05) is 0 Å². The molecule has 2 aromatic rings. The fraction of sp³-hybridized carbons (Fsp3) is 0.200. The number of aryl methyl sites for hydroxylation is 1. The van der Waals surface area contributed by atoms with Crippen LogP contribution in [0.3, 0.4) is 0 Å². The molecule has 20 heavy (non-hydrogen) atoms. The molecule has 2 aromatic carbocycles. The van der Waals surface area contributed by atoms with E-state index in [1.165, 1.54) is 6.07 Å². The molecule has 5 heteroatoms. The monoisotopic (exact) mass is 312 g/mol. The molecule has 2 rings (SSSR count).